The van der Waals surface area contributed by atoms with Crippen LogP contribution in [0, 0.1) is 5.92 Å². The SMILES string of the molecule is CC(C)Cc1nc2cnc3ccccc3c2n1CCOc1ccccc1. The molecule has 2 aromatic carbocycles. The summed E-state index contributed by atoms with van der Waals surface area (Å²) in [7, 11) is 0. The van der Waals surface area contributed by atoms with E-state index in [1.165, 1.54) is 0 Å². The Morgan fingerprint density at radius 2 is 1.73 bits per heavy atom. The maximum atomic E-state index is 5.94. The van der Waals surface area contributed by atoms with Crippen LogP contribution in [0.25, 0.3) is 21.9 Å². The van der Waals surface area contributed by atoms with E-state index in [9.17, 15) is 0 Å². The Kier molecular flexibility index (Phi) is 4.57. The van der Waals surface area contributed by atoms with E-state index in [0.717, 1.165) is 46.5 Å². The molecule has 2 heterocycles. The molecule has 0 unspecified atom stereocenters. The number of aromatic nitrogens is 3. The molecule has 0 N–H and O–H groups in total. The van der Waals surface area contributed by atoms with E-state index in [1.54, 1.807) is 0 Å². The Morgan fingerprint density at radius 1 is 0.962 bits per heavy atom. The molecule has 0 saturated heterocycles. The average Bonchev–Trinajstić information content (AvgIpc) is 3.00. The molecule has 0 amide bonds. The molecule has 0 aliphatic heterocycles. The van der Waals surface area contributed by atoms with Gasteiger partial charge >= 0.3 is 0 Å². The monoisotopic (exact) mass is 345 g/mol. The molecule has 0 fully saturated rings. The molecule has 26 heavy (non-hydrogen) atoms. The second-order valence-corrected chi connectivity index (χ2v) is 6.95. The predicted octanol–water partition coefficient (Wildman–Crippen LogP) is 4.86. The van der Waals surface area contributed by atoms with Gasteiger partial charge in [-0.1, -0.05) is 50.2 Å². The molecule has 4 rings (SSSR count). The number of ether oxygens (including phenoxy) is 1. The van der Waals surface area contributed by atoms with Crippen LogP contribution in [-0.4, -0.2) is 21.1 Å². The third-order valence-corrected chi connectivity index (χ3v) is 4.48. The van der Waals surface area contributed by atoms with Gasteiger partial charge in [0, 0.05) is 11.8 Å². The molecule has 0 atom stereocenters. The molecule has 4 nitrogen and oxygen atoms in total. The fourth-order valence-electron chi connectivity index (χ4n) is 3.34. The first kappa shape index (κ1) is 16.6. The van der Waals surface area contributed by atoms with Crippen molar-refractivity contribution in [3.05, 3.63) is 66.6 Å². The van der Waals surface area contributed by atoms with Crippen molar-refractivity contribution in [1.29, 1.82) is 0 Å². The lowest BCUT2D eigenvalue weighted by atomic mass is 10.1. The summed E-state index contributed by atoms with van der Waals surface area (Å²) >= 11 is 0. The molecular weight excluding hydrogens is 322 g/mol. The number of para-hydroxylation sites is 2. The molecule has 0 saturated carbocycles. The van der Waals surface area contributed by atoms with Crippen LogP contribution in [0.15, 0.2) is 60.8 Å². The van der Waals surface area contributed by atoms with E-state index in [2.05, 4.69) is 41.6 Å². The summed E-state index contributed by atoms with van der Waals surface area (Å²) in [5.41, 5.74) is 3.11. The van der Waals surface area contributed by atoms with Crippen LogP contribution in [0.2, 0.25) is 0 Å². The lowest BCUT2D eigenvalue weighted by Crippen LogP contribution is -2.13. The van der Waals surface area contributed by atoms with E-state index in [4.69, 9.17) is 9.72 Å². The standard InChI is InChI=1S/C22H23N3O/c1-16(2)14-21-24-20-15-23-19-11-7-6-10-18(19)22(20)25(21)12-13-26-17-8-4-3-5-9-17/h3-11,15-16H,12-14H2,1-2H3. The maximum absolute atomic E-state index is 5.94. The van der Waals surface area contributed by atoms with Crippen molar-refractivity contribution < 1.29 is 4.74 Å². The zero-order chi connectivity index (χ0) is 17.9. The third-order valence-electron chi connectivity index (χ3n) is 4.48. The van der Waals surface area contributed by atoms with E-state index in [1.807, 2.05) is 42.6 Å². The molecule has 0 aliphatic carbocycles. The highest BCUT2D eigenvalue weighted by Crippen LogP contribution is 2.26. The normalized spacial score (nSPS) is 11.5. The van der Waals surface area contributed by atoms with Gasteiger partial charge in [-0.3, -0.25) is 4.98 Å². The van der Waals surface area contributed by atoms with E-state index in [-0.39, 0.29) is 0 Å². The van der Waals surface area contributed by atoms with E-state index >= 15 is 0 Å². The van der Waals surface area contributed by atoms with Crippen molar-refractivity contribution in [1.82, 2.24) is 14.5 Å². The fraction of sp³-hybridized carbons (Fsp3) is 0.273. The van der Waals surface area contributed by atoms with Gasteiger partial charge in [-0.25, -0.2) is 4.98 Å². The highest BCUT2D eigenvalue weighted by atomic mass is 16.5. The lowest BCUT2D eigenvalue weighted by Gasteiger charge is -2.13. The van der Waals surface area contributed by atoms with Crippen LogP contribution in [-0.2, 0) is 13.0 Å². The van der Waals surface area contributed by atoms with Crippen LogP contribution >= 0.6 is 0 Å². The summed E-state index contributed by atoms with van der Waals surface area (Å²) < 4.78 is 8.24. The molecular formula is C22H23N3O. The summed E-state index contributed by atoms with van der Waals surface area (Å²) in [5, 5.41) is 1.15. The largest absolute Gasteiger partial charge is 0.492 e. The van der Waals surface area contributed by atoms with Gasteiger partial charge in [0.1, 0.15) is 23.7 Å². The van der Waals surface area contributed by atoms with Crippen LogP contribution in [0.4, 0.5) is 0 Å². The topological polar surface area (TPSA) is 39.9 Å². The highest BCUT2D eigenvalue weighted by Gasteiger charge is 2.15. The zero-order valence-electron chi connectivity index (χ0n) is 15.2. The molecule has 4 aromatic rings. The molecule has 0 radical (unpaired) electrons. The summed E-state index contributed by atoms with van der Waals surface area (Å²) in [5.74, 6) is 2.54. The summed E-state index contributed by atoms with van der Waals surface area (Å²) in [6.45, 7) is 5.82. The Balaban J connectivity index is 1.72. The van der Waals surface area contributed by atoms with Gasteiger partial charge in [-0.15, -0.1) is 0 Å². The Hall–Kier alpha value is -2.88. The van der Waals surface area contributed by atoms with Crippen LogP contribution in [0.1, 0.15) is 19.7 Å². The van der Waals surface area contributed by atoms with Gasteiger partial charge in [0.25, 0.3) is 0 Å². The van der Waals surface area contributed by atoms with E-state index in [0.29, 0.717) is 12.5 Å². The molecule has 0 spiro atoms. The molecule has 2 aromatic heterocycles. The maximum Gasteiger partial charge on any atom is 0.119 e. The number of fused-ring (bicyclic) bond motifs is 3. The summed E-state index contributed by atoms with van der Waals surface area (Å²) in [6.07, 6.45) is 2.82. The first-order valence-electron chi connectivity index (χ1n) is 9.13. The van der Waals surface area contributed by atoms with Crippen LogP contribution < -0.4 is 4.74 Å². The first-order valence-corrected chi connectivity index (χ1v) is 9.13. The minimum Gasteiger partial charge on any atom is -0.492 e. The summed E-state index contributed by atoms with van der Waals surface area (Å²) in [6, 6.07) is 18.2. The van der Waals surface area contributed by atoms with Crippen molar-refractivity contribution in [3.8, 4) is 5.75 Å². The van der Waals surface area contributed by atoms with Crippen molar-refractivity contribution in [2.45, 2.75) is 26.8 Å². The Morgan fingerprint density at radius 3 is 2.54 bits per heavy atom. The number of rotatable bonds is 6. The fourth-order valence-corrected chi connectivity index (χ4v) is 3.34. The van der Waals surface area contributed by atoms with Gasteiger partial charge in [-0.2, -0.15) is 0 Å². The number of nitrogens with zero attached hydrogens (tertiary/aromatic N) is 3. The van der Waals surface area contributed by atoms with Crippen molar-refractivity contribution >= 4 is 21.9 Å². The van der Waals surface area contributed by atoms with Crippen molar-refractivity contribution in [2.75, 3.05) is 6.61 Å². The van der Waals surface area contributed by atoms with Gasteiger partial charge in [0.05, 0.1) is 23.8 Å². The van der Waals surface area contributed by atoms with Gasteiger partial charge in [-0.05, 0) is 24.1 Å². The second-order valence-electron chi connectivity index (χ2n) is 6.95. The van der Waals surface area contributed by atoms with Gasteiger partial charge < -0.3 is 9.30 Å². The molecule has 132 valence electrons. The zero-order valence-corrected chi connectivity index (χ0v) is 15.2. The number of imidazole rings is 1. The van der Waals surface area contributed by atoms with Crippen molar-refractivity contribution in [3.63, 3.8) is 0 Å². The molecule has 0 aliphatic rings. The smallest absolute Gasteiger partial charge is 0.119 e. The average molecular weight is 345 g/mol. The minimum absolute atomic E-state index is 0.542. The highest BCUT2D eigenvalue weighted by molar-refractivity contribution is 6.02. The molecule has 0 bridgehead atoms. The number of benzene rings is 2. The quantitative estimate of drug-likeness (QED) is 0.501. The molecule has 4 heteroatoms. The lowest BCUT2D eigenvalue weighted by molar-refractivity contribution is 0.297. The number of hydrogen-bond acceptors (Lipinski definition) is 3. The predicted molar refractivity (Wildman–Crippen MR) is 106 cm³/mol. The number of pyridine rings is 1. The second kappa shape index (κ2) is 7.16. The van der Waals surface area contributed by atoms with Crippen LogP contribution in [0.5, 0.6) is 5.75 Å². The van der Waals surface area contributed by atoms with Gasteiger partial charge in [0.2, 0.25) is 0 Å². The number of hydrogen-bond donors (Lipinski definition) is 0. The van der Waals surface area contributed by atoms with Crippen LogP contribution in [0.3, 0.4) is 0 Å². The minimum atomic E-state index is 0.542. The Labute approximate surface area is 153 Å². The third kappa shape index (κ3) is 3.27. The van der Waals surface area contributed by atoms with E-state index < -0.39 is 0 Å². The Bertz CT molecular complexity index is 1020. The van der Waals surface area contributed by atoms with Gasteiger partial charge in [0.15, 0.2) is 0 Å². The summed E-state index contributed by atoms with van der Waals surface area (Å²) in [4.78, 5) is 9.44. The first-order chi connectivity index (χ1) is 12.7. The van der Waals surface area contributed by atoms with Crippen molar-refractivity contribution in [2.24, 2.45) is 5.92 Å².